The Morgan fingerprint density at radius 2 is 1.68 bits per heavy atom. The van der Waals surface area contributed by atoms with E-state index in [-0.39, 0.29) is 5.82 Å². The predicted octanol–water partition coefficient (Wildman–Crippen LogP) is 6.52. The van der Waals surface area contributed by atoms with Crippen molar-refractivity contribution in [1.82, 2.24) is 0 Å². The number of nitrogens with zero attached hydrogens (tertiary/aromatic N) is 2. The summed E-state index contributed by atoms with van der Waals surface area (Å²) in [6.07, 6.45) is 0. The van der Waals surface area contributed by atoms with Crippen molar-refractivity contribution in [2.75, 3.05) is 9.80 Å². The first-order chi connectivity index (χ1) is 12.1. The molecule has 1 heterocycles. The summed E-state index contributed by atoms with van der Waals surface area (Å²) in [6, 6.07) is 20.5. The molecular formula is C20H14BrClFN2. The zero-order chi connectivity index (χ0) is 17.4. The molecule has 25 heavy (non-hydrogen) atoms. The molecule has 0 amide bonds. The van der Waals surface area contributed by atoms with Crippen molar-refractivity contribution in [3.8, 4) is 0 Å². The second-order valence-electron chi connectivity index (χ2n) is 5.81. The summed E-state index contributed by atoms with van der Waals surface area (Å²) in [4.78, 5) is 4.07. The van der Waals surface area contributed by atoms with Gasteiger partial charge in [-0.3, -0.25) is 0 Å². The van der Waals surface area contributed by atoms with E-state index in [1.807, 2.05) is 60.1 Å². The van der Waals surface area contributed by atoms with Gasteiger partial charge in [-0.05, 0) is 54.1 Å². The first-order valence-corrected chi connectivity index (χ1v) is 8.98. The Morgan fingerprint density at radius 3 is 2.44 bits per heavy atom. The molecule has 125 valence electrons. The van der Waals surface area contributed by atoms with E-state index >= 15 is 0 Å². The fraction of sp³-hybridized carbons (Fsp3) is 0.0500. The van der Waals surface area contributed by atoms with Crippen molar-refractivity contribution < 1.29 is 4.39 Å². The van der Waals surface area contributed by atoms with E-state index in [1.54, 1.807) is 12.1 Å². The van der Waals surface area contributed by atoms with Crippen LogP contribution in [0.5, 0.6) is 0 Å². The molecule has 5 heteroatoms. The zero-order valence-corrected chi connectivity index (χ0v) is 15.5. The molecule has 3 aromatic carbocycles. The van der Waals surface area contributed by atoms with Gasteiger partial charge >= 0.3 is 0 Å². The van der Waals surface area contributed by atoms with Crippen LogP contribution in [0.25, 0.3) is 0 Å². The number of rotatable bonds is 3. The molecule has 1 aliphatic rings. The molecule has 0 bridgehead atoms. The van der Waals surface area contributed by atoms with Gasteiger partial charge in [0.25, 0.3) is 0 Å². The molecule has 0 saturated heterocycles. The molecule has 0 unspecified atom stereocenters. The Morgan fingerprint density at radius 1 is 0.920 bits per heavy atom. The minimum atomic E-state index is -0.256. The number of fused-ring (bicyclic) bond motifs is 1. The fourth-order valence-electron chi connectivity index (χ4n) is 2.94. The lowest BCUT2D eigenvalue weighted by atomic mass is 10.2. The molecule has 0 spiro atoms. The molecule has 0 atom stereocenters. The molecule has 1 radical (unpaired) electrons. The minimum absolute atomic E-state index is 0.256. The van der Waals surface area contributed by atoms with Crippen LogP contribution in [0, 0.1) is 12.5 Å². The molecule has 2 nitrogen and oxygen atoms in total. The van der Waals surface area contributed by atoms with E-state index < -0.39 is 0 Å². The van der Waals surface area contributed by atoms with Crippen molar-refractivity contribution in [3.63, 3.8) is 0 Å². The number of anilines is 3. The second-order valence-corrected chi connectivity index (χ2v) is 7.14. The maximum atomic E-state index is 13.8. The molecule has 0 saturated carbocycles. The molecule has 0 aromatic heterocycles. The van der Waals surface area contributed by atoms with Crippen LogP contribution in [-0.2, 0) is 6.54 Å². The fourth-order valence-corrected chi connectivity index (χ4v) is 3.40. The normalized spacial score (nSPS) is 13.2. The number of hydrogen-bond acceptors (Lipinski definition) is 2. The topological polar surface area (TPSA) is 6.48 Å². The highest BCUT2D eigenvalue weighted by Gasteiger charge is 2.28. The predicted molar refractivity (Wildman–Crippen MR) is 105 cm³/mol. The van der Waals surface area contributed by atoms with Crippen LogP contribution >= 0.6 is 27.5 Å². The Labute approximate surface area is 159 Å². The lowest BCUT2D eigenvalue weighted by Crippen LogP contribution is -2.21. The van der Waals surface area contributed by atoms with Gasteiger partial charge in [0.15, 0.2) is 0 Å². The van der Waals surface area contributed by atoms with Crippen molar-refractivity contribution in [2.24, 2.45) is 0 Å². The van der Waals surface area contributed by atoms with Gasteiger partial charge in [0.2, 0.25) is 0 Å². The van der Waals surface area contributed by atoms with E-state index in [1.165, 1.54) is 6.07 Å². The number of hydrogen-bond donors (Lipinski definition) is 0. The highest BCUT2D eigenvalue weighted by atomic mass is 79.9. The Kier molecular flexibility index (Phi) is 4.40. The van der Waals surface area contributed by atoms with Crippen molar-refractivity contribution in [2.45, 2.75) is 6.54 Å². The first-order valence-electron chi connectivity index (χ1n) is 7.81. The summed E-state index contributed by atoms with van der Waals surface area (Å²) in [6.45, 7) is 2.60. The average Bonchev–Trinajstić information content (AvgIpc) is 2.95. The summed E-state index contributed by atoms with van der Waals surface area (Å²) in [7, 11) is 0. The van der Waals surface area contributed by atoms with E-state index in [9.17, 15) is 4.39 Å². The van der Waals surface area contributed by atoms with Gasteiger partial charge in [-0.25, -0.2) is 4.39 Å². The van der Waals surface area contributed by atoms with Crippen LogP contribution in [0.15, 0.2) is 71.2 Å². The van der Waals surface area contributed by atoms with Crippen LogP contribution in [0.1, 0.15) is 5.56 Å². The molecule has 0 N–H and O–H groups in total. The highest BCUT2D eigenvalue weighted by Crippen LogP contribution is 2.44. The van der Waals surface area contributed by atoms with Crippen LogP contribution in [0.3, 0.4) is 0 Å². The van der Waals surface area contributed by atoms with Crippen LogP contribution < -0.4 is 9.80 Å². The molecule has 0 aliphatic carbocycles. The summed E-state index contributed by atoms with van der Waals surface area (Å²) in [5, 5.41) is 0.724. The van der Waals surface area contributed by atoms with Gasteiger partial charge in [0.1, 0.15) is 12.5 Å². The van der Waals surface area contributed by atoms with E-state index in [4.69, 9.17) is 11.6 Å². The quantitative estimate of drug-likeness (QED) is 0.479. The largest absolute Gasteiger partial charge is 0.341 e. The first kappa shape index (κ1) is 16.4. The zero-order valence-electron chi connectivity index (χ0n) is 13.2. The molecule has 0 fully saturated rings. The lowest BCUT2D eigenvalue weighted by molar-refractivity contribution is 0.628. The van der Waals surface area contributed by atoms with Gasteiger partial charge in [0.05, 0.1) is 11.4 Å². The van der Waals surface area contributed by atoms with Crippen molar-refractivity contribution in [3.05, 3.63) is 94.3 Å². The van der Waals surface area contributed by atoms with Crippen molar-refractivity contribution >= 4 is 44.6 Å². The van der Waals surface area contributed by atoms with Crippen molar-refractivity contribution in [1.29, 1.82) is 0 Å². The maximum Gasteiger partial charge on any atom is 0.147 e. The Balaban J connectivity index is 1.71. The SMILES string of the molecule is Fc1ccc2c(c1)N(c1ccc(Br)cc1)[CH]N2Cc1ccccc1Cl. The highest BCUT2D eigenvalue weighted by molar-refractivity contribution is 9.10. The lowest BCUT2D eigenvalue weighted by Gasteiger charge is -2.21. The molecule has 3 aromatic rings. The van der Waals surface area contributed by atoms with Crippen LogP contribution in [-0.4, -0.2) is 0 Å². The van der Waals surface area contributed by atoms with Gasteiger partial charge in [0, 0.05) is 21.7 Å². The van der Waals surface area contributed by atoms with Crippen LogP contribution in [0.4, 0.5) is 21.5 Å². The molecular weight excluding hydrogens is 403 g/mol. The minimum Gasteiger partial charge on any atom is -0.341 e. The molecule has 4 rings (SSSR count). The standard InChI is InChI=1S/C20H14BrClFN2/c21-15-5-8-17(9-6-15)25-13-24(12-14-3-1-2-4-18(14)22)19-10-7-16(23)11-20(19)25/h1-11,13H,12H2. The summed E-state index contributed by atoms with van der Waals surface area (Å²) < 4.78 is 14.8. The summed E-state index contributed by atoms with van der Waals surface area (Å²) >= 11 is 9.75. The third kappa shape index (κ3) is 3.24. The van der Waals surface area contributed by atoms with Gasteiger partial charge in [-0.1, -0.05) is 45.7 Å². The van der Waals surface area contributed by atoms with Gasteiger partial charge in [-0.15, -0.1) is 0 Å². The number of halogens is 3. The van der Waals surface area contributed by atoms with Crippen LogP contribution in [0.2, 0.25) is 5.02 Å². The molecule has 1 aliphatic heterocycles. The van der Waals surface area contributed by atoms with Gasteiger partial charge < -0.3 is 9.80 Å². The van der Waals surface area contributed by atoms with Gasteiger partial charge in [-0.2, -0.15) is 0 Å². The monoisotopic (exact) mass is 415 g/mol. The maximum absolute atomic E-state index is 13.8. The Bertz CT molecular complexity index is 914. The Hall–Kier alpha value is -2.04. The average molecular weight is 417 g/mol. The van der Waals surface area contributed by atoms with E-state index in [0.717, 1.165) is 32.1 Å². The van der Waals surface area contributed by atoms with E-state index in [2.05, 4.69) is 20.8 Å². The summed E-state index contributed by atoms with van der Waals surface area (Å²) in [5.41, 5.74) is 3.75. The third-order valence-corrected chi connectivity index (χ3v) is 5.06. The van der Waals surface area contributed by atoms with E-state index in [0.29, 0.717) is 6.54 Å². The third-order valence-electron chi connectivity index (χ3n) is 4.16. The second kappa shape index (κ2) is 6.70. The smallest absolute Gasteiger partial charge is 0.147 e. The summed E-state index contributed by atoms with van der Waals surface area (Å²) in [5.74, 6) is -0.256. The number of benzene rings is 3.